The Kier molecular flexibility index (Phi) is 4.81. The lowest BCUT2D eigenvalue weighted by Crippen LogP contribution is -2.30. The van der Waals surface area contributed by atoms with Gasteiger partial charge in [0, 0.05) is 13.1 Å². The second kappa shape index (κ2) is 6.33. The molecule has 0 spiro atoms. The molecule has 0 aliphatic rings. The van der Waals surface area contributed by atoms with Gasteiger partial charge in [-0.3, -0.25) is 0 Å². The summed E-state index contributed by atoms with van der Waals surface area (Å²) in [6, 6.07) is 12.1. The summed E-state index contributed by atoms with van der Waals surface area (Å²) in [5, 5.41) is 0. The van der Waals surface area contributed by atoms with Crippen LogP contribution in [0.25, 0.3) is 0 Å². The fourth-order valence-corrected chi connectivity index (χ4v) is 3.55. The van der Waals surface area contributed by atoms with E-state index in [1.165, 1.54) is 13.1 Å². The van der Waals surface area contributed by atoms with Crippen LogP contribution in [-0.2, 0) is 16.2 Å². The first-order chi connectivity index (χ1) is 10.6. The summed E-state index contributed by atoms with van der Waals surface area (Å²) in [7, 11) is -2.68. The third-order valence-corrected chi connectivity index (χ3v) is 5.59. The maximum Gasteiger partial charge on any atom is 0.416 e. The maximum atomic E-state index is 12.8. The van der Waals surface area contributed by atoms with E-state index in [-0.39, 0.29) is 4.90 Å². The van der Waals surface area contributed by atoms with E-state index in [4.69, 9.17) is 0 Å². The Bertz CT molecular complexity index is 773. The molecule has 23 heavy (non-hydrogen) atoms. The zero-order valence-corrected chi connectivity index (χ0v) is 13.4. The van der Waals surface area contributed by atoms with Crippen LogP contribution >= 0.6 is 0 Å². The highest BCUT2D eigenvalue weighted by Gasteiger charge is 2.33. The van der Waals surface area contributed by atoms with E-state index < -0.39 is 27.8 Å². The van der Waals surface area contributed by atoms with Crippen molar-refractivity contribution in [1.82, 2.24) is 4.31 Å². The molecule has 2 rings (SSSR count). The SMILES string of the molecule is CC(c1ccccc1)N(C)S(=O)(=O)c1cccc(C(F)(F)F)c1. The van der Waals surface area contributed by atoms with Gasteiger partial charge in [0.05, 0.1) is 10.5 Å². The van der Waals surface area contributed by atoms with Gasteiger partial charge in [0.2, 0.25) is 10.0 Å². The lowest BCUT2D eigenvalue weighted by Gasteiger charge is -2.25. The van der Waals surface area contributed by atoms with Crippen molar-refractivity contribution >= 4 is 10.0 Å². The molecule has 0 aromatic heterocycles. The van der Waals surface area contributed by atoms with Crippen molar-refractivity contribution in [2.75, 3.05) is 7.05 Å². The normalized spacial score (nSPS) is 14.0. The van der Waals surface area contributed by atoms with Gasteiger partial charge >= 0.3 is 6.18 Å². The fraction of sp³-hybridized carbons (Fsp3) is 0.250. The largest absolute Gasteiger partial charge is 0.416 e. The number of benzene rings is 2. The van der Waals surface area contributed by atoms with Gasteiger partial charge in [0.25, 0.3) is 0 Å². The highest BCUT2D eigenvalue weighted by Crippen LogP contribution is 2.32. The maximum absolute atomic E-state index is 12.8. The van der Waals surface area contributed by atoms with E-state index in [0.29, 0.717) is 6.07 Å². The van der Waals surface area contributed by atoms with Gasteiger partial charge in [0.1, 0.15) is 0 Å². The van der Waals surface area contributed by atoms with Gasteiger partial charge in [-0.15, -0.1) is 0 Å². The third kappa shape index (κ3) is 3.73. The van der Waals surface area contributed by atoms with E-state index in [1.807, 2.05) is 0 Å². The Morgan fingerprint density at radius 3 is 2.17 bits per heavy atom. The number of nitrogens with zero attached hydrogens (tertiary/aromatic N) is 1. The Labute approximate surface area is 133 Å². The molecular weight excluding hydrogens is 327 g/mol. The molecule has 0 aliphatic heterocycles. The second-order valence-electron chi connectivity index (χ2n) is 5.13. The van der Waals surface area contributed by atoms with Crippen LogP contribution in [0.4, 0.5) is 13.2 Å². The van der Waals surface area contributed by atoms with Crippen molar-refractivity contribution in [1.29, 1.82) is 0 Å². The summed E-state index contributed by atoms with van der Waals surface area (Å²) in [6.07, 6.45) is -4.59. The molecule has 0 N–H and O–H groups in total. The average Bonchev–Trinajstić information content (AvgIpc) is 2.53. The van der Waals surface area contributed by atoms with Crippen molar-refractivity contribution in [3.63, 3.8) is 0 Å². The standard InChI is InChI=1S/C16H16F3NO2S/c1-12(13-7-4-3-5-8-13)20(2)23(21,22)15-10-6-9-14(11-15)16(17,18)19/h3-12H,1-2H3. The van der Waals surface area contributed by atoms with E-state index in [0.717, 1.165) is 22.0 Å². The molecular formula is C16H16F3NO2S. The molecule has 0 saturated carbocycles. The molecule has 2 aromatic carbocycles. The highest BCUT2D eigenvalue weighted by molar-refractivity contribution is 7.89. The monoisotopic (exact) mass is 343 g/mol. The van der Waals surface area contributed by atoms with E-state index in [1.54, 1.807) is 37.3 Å². The Morgan fingerprint density at radius 1 is 1.00 bits per heavy atom. The molecule has 7 heteroatoms. The summed E-state index contributed by atoms with van der Waals surface area (Å²) in [5.74, 6) is 0. The van der Waals surface area contributed by atoms with Crippen LogP contribution in [0.1, 0.15) is 24.1 Å². The van der Waals surface area contributed by atoms with Crippen molar-refractivity contribution < 1.29 is 21.6 Å². The van der Waals surface area contributed by atoms with Crippen molar-refractivity contribution in [2.45, 2.75) is 24.0 Å². The first-order valence-electron chi connectivity index (χ1n) is 6.84. The highest BCUT2D eigenvalue weighted by atomic mass is 32.2. The minimum absolute atomic E-state index is 0.377. The van der Waals surface area contributed by atoms with Gasteiger partial charge < -0.3 is 0 Å². The van der Waals surface area contributed by atoms with Crippen LogP contribution in [-0.4, -0.2) is 19.8 Å². The predicted octanol–water partition coefficient (Wildman–Crippen LogP) is 4.09. The minimum atomic E-state index is -4.59. The number of rotatable bonds is 4. The summed E-state index contributed by atoms with van der Waals surface area (Å²) < 4.78 is 64.6. The molecule has 0 heterocycles. The molecule has 0 aliphatic carbocycles. The topological polar surface area (TPSA) is 37.4 Å². The van der Waals surface area contributed by atoms with Gasteiger partial charge in [-0.1, -0.05) is 36.4 Å². The fourth-order valence-electron chi connectivity index (χ4n) is 2.15. The minimum Gasteiger partial charge on any atom is -0.207 e. The Hall–Kier alpha value is -1.86. The molecule has 2 aromatic rings. The van der Waals surface area contributed by atoms with Gasteiger partial charge in [-0.25, -0.2) is 8.42 Å². The van der Waals surface area contributed by atoms with Crippen LogP contribution in [0.2, 0.25) is 0 Å². The van der Waals surface area contributed by atoms with E-state index in [2.05, 4.69) is 0 Å². The van der Waals surface area contributed by atoms with Gasteiger partial charge in [-0.05, 0) is 30.7 Å². The number of sulfonamides is 1. The molecule has 3 nitrogen and oxygen atoms in total. The number of hydrogen-bond donors (Lipinski definition) is 0. The summed E-state index contributed by atoms with van der Waals surface area (Å²) in [4.78, 5) is -0.377. The van der Waals surface area contributed by atoms with Crippen LogP contribution in [0.15, 0.2) is 59.5 Å². The predicted molar refractivity (Wildman–Crippen MR) is 81.2 cm³/mol. The molecule has 0 bridgehead atoms. The van der Waals surface area contributed by atoms with Gasteiger partial charge in [-0.2, -0.15) is 17.5 Å². The smallest absolute Gasteiger partial charge is 0.207 e. The zero-order valence-electron chi connectivity index (χ0n) is 12.6. The second-order valence-corrected chi connectivity index (χ2v) is 7.13. The summed E-state index contributed by atoms with van der Waals surface area (Å²) in [6.45, 7) is 1.68. The van der Waals surface area contributed by atoms with Crippen LogP contribution in [0, 0.1) is 0 Å². The van der Waals surface area contributed by atoms with Crippen LogP contribution in [0.3, 0.4) is 0 Å². The first kappa shape index (κ1) is 17.5. The quantitative estimate of drug-likeness (QED) is 0.839. The first-order valence-corrected chi connectivity index (χ1v) is 8.28. The van der Waals surface area contributed by atoms with Crippen LogP contribution < -0.4 is 0 Å². The molecule has 0 amide bonds. The summed E-state index contributed by atoms with van der Waals surface area (Å²) in [5.41, 5.74) is -0.232. The number of halogens is 3. The van der Waals surface area contributed by atoms with Crippen molar-refractivity contribution in [3.05, 3.63) is 65.7 Å². The Balaban J connectivity index is 2.38. The lowest BCUT2D eigenvalue weighted by atomic mass is 10.1. The zero-order chi connectivity index (χ0) is 17.3. The average molecular weight is 343 g/mol. The molecule has 0 saturated heterocycles. The lowest BCUT2D eigenvalue weighted by molar-refractivity contribution is -0.137. The van der Waals surface area contributed by atoms with Crippen molar-refractivity contribution in [3.8, 4) is 0 Å². The third-order valence-electron chi connectivity index (χ3n) is 3.67. The van der Waals surface area contributed by atoms with E-state index >= 15 is 0 Å². The Morgan fingerprint density at radius 2 is 1.61 bits per heavy atom. The van der Waals surface area contributed by atoms with E-state index in [9.17, 15) is 21.6 Å². The molecule has 1 atom stereocenters. The molecule has 124 valence electrons. The summed E-state index contributed by atoms with van der Waals surface area (Å²) >= 11 is 0. The molecule has 0 radical (unpaired) electrons. The molecule has 0 fully saturated rings. The van der Waals surface area contributed by atoms with Crippen molar-refractivity contribution in [2.24, 2.45) is 0 Å². The number of hydrogen-bond acceptors (Lipinski definition) is 2. The van der Waals surface area contributed by atoms with Crippen LogP contribution in [0.5, 0.6) is 0 Å². The van der Waals surface area contributed by atoms with Gasteiger partial charge in [0.15, 0.2) is 0 Å². The number of alkyl halides is 3. The molecule has 1 unspecified atom stereocenters.